The number of hydrogen-bond acceptors (Lipinski definition) is 4. The molecule has 1 aliphatic heterocycles. The minimum atomic E-state index is -3.64. The van der Waals surface area contributed by atoms with Gasteiger partial charge in [0.1, 0.15) is 11.6 Å². The van der Waals surface area contributed by atoms with Crippen molar-refractivity contribution < 1.29 is 22.3 Å². The first-order chi connectivity index (χ1) is 17.7. The Morgan fingerprint density at radius 2 is 1.68 bits per heavy atom. The van der Waals surface area contributed by atoms with Crippen LogP contribution < -0.4 is 4.74 Å². The summed E-state index contributed by atoms with van der Waals surface area (Å²) in [4.78, 5) is 15.3. The fourth-order valence-electron chi connectivity index (χ4n) is 4.67. The maximum absolute atomic E-state index is 13.3. The Balaban J connectivity index is 1.49. The van der Waals surface area contributed by atoms with E-state index in [2.05, 4.69) is 0 Å². The van der Waals surface area contributed by atoms with Crippen LogP contribution in [-0.2, 0) is 21.4 Å². The van der Waals surface area contributed by atoms with Crippen molar-refractivity contribution in [3.63, 3.8) is 0 Å². The highest BCUT2D eigenvalue weighted by Crippen LogP contribution is 2.38. The van der Waals surface area contributed by atoms with Crippen LogP contribution in [-0.4, -0.2) is 50.3 Å². The number of nitrogens with zero attached hydrogens (tertiary/aromatic N) is 2. The van der Waals surface area contributed by atoms with Crippen molar-refractivity contribution in [1.29, 1.82) is 0 Å². The zero-order valence-corrected chi connectivity index (χ0v) is 22.1. The van der Waals surface area contributed by atoms with Gasteiger partial charge in [-0.2, -0.15) is 4.31 Å². The topological polar surface area (TPSA) is 66.9 Å². The largest absolute Gasteiger partial charge is 0.493 e. The highest BCUT2D eigenvalue weighted by molar-refractivity contribution is 7.89. The average Bonchev–Trinajstić information content (AvgIpc) is 2.89. The van der Waals surface area contributed by atoms with Crippen LogP contribution >= 0.6 is 0 Å². The van der Waals surface area contributed by atoms with Crippen LogP contribution in [0.5, 0.6) is 5.75 Å². The van der Waals surface area contributed by atoms with Gasteiger partial charge in [0, 0.05) is 38.5 Å². The van der Waals surface area contributed by atoms with E-state index in [1.54, 1.807) is 42.3 Å². The van der Waals surface area contributed by atoms with Crippen molar-refractivity contribution >= 4 is 15.9 Å². The third-order valence-corrected chi connectivity index (χ3v) is 8.88. The van der Waals surface area contributed by atoms with Crippen LogP contribution in [0, 0.1) is 18.2 Å². The van der Waals surface area contributed by atoms with Crippen LogP contribution in [0.25, 0.3) is 0 Å². The van der Waals surface area contributed by atoms with Gasteiger partial charge in [-0.1, -0.05) is 42.5 Å². The lowest BCUT2D eigenvalue weighted by Crippen LogP contribution is -2.47. The fraction of sp³-hybridized carbons (Fsp3) is 0.345. The number of rotatable bonds is 9. The molecule has 1 saturated heterocycles. The van der Waals surface area contributed by atoms with Crippen LogP contribution in [0.2, 0.25) is 0 Å². The molecule has 0 spiro atoms. The molecule has 0 atom stereocenters. The van der Waals surface area contributed by atoms with Crippen molar-refractivity contribution in [3.8, 4) is 5.75 Å². The molecular formula is C29H33FN2O4S. The van der Waals surface area contributed by atoms with E-state index in [4.69, 9.17) is 4.74 Å². The maximum atomic E-state index is 13.3. The SMILES string of the molecule is Cc1cccc(S(=O)(=O)N2CCC(COc3ccc(F)cc3)(CC(=O)N(C)Cc3ccccc3)CC2)c1. The van der Waals surface area contributed by atoms with E-state index in [0.29, 0.717) is 38.2 Å². The zero-order valence-electron chi connectivity index (χ0n) is 21.3. The monoisotopic (exact) mass is 524 g/mol. The maximum Gasteiger partial charge on any atom is 0.243 e. The molecule has 37 heavy (non-hydrogen) atoms. The van der Waals surface area contributed by atoms with Crippen LogP contribution in [0.4, 0.5) is 4.39 Å². The van der Waals surface area contributed by atoms with Gasteiger partial charge in [0.15, 0.2) is 0 Å². The summed E-state index contributed by atoms with van der Waals surface area (Å²) in [7, 11) is -1.86. The van der Waals surface area contributed by atoms with Gasteiger partial charge >= 0.3 is 0 Å². The normalized spacial score (nSPS) is 15.8. The first-order valence-electron chi connectivity index (χ1n) is 12.4. The number of amides is 1. The lowest BCUT2D eigenvalue weighted by atomic mass is 9.76. The molecule has 0 saturated carbocycles. The van der Waals surface area contributed by atoms with Crippen molar-refractivity contribution in [1.82, 2.24) is 9.21 Å². The molecule has 0 bridgehead atoms. The predicted octanol–water partition coefficient (Wildman–Crippen LogP) is 5.03. The standard InChI is InChI=1S/C29H33FN2O4S/c1-23-7-6-10-27(19-23)37(34,35)32-17-15-29(16-18-32,22-36-26-13-11-25(30)12-14-26)20-28(33)31(2)21-24-8-4-3-5-9-24/h3-14,19H,15-18,20-22H2,1-2H3. The van der Waals surface area contributed by atoms with E-state index in [0.717, 1.165) is 11.1 Å². The minimum absolute atomic E-state index is 0.0263. The molecule has 6 nitrogen and oxygen atoms in total. The summed E-state index contributed by atoms with van der Waals surface area (Å²) in [5, 5.41) is 0. The van der Waals surface area contributed by atoms with Crippen molar-refractivity contribution in [2.45, 2.75) is 37.6 Å². The molecule has 3 aromatic carbocycles. The number of halogens is 1. The van der Waals surface area contributed by atoms with E-state index in [1.165, 1.54) is 16.4 Å². The van der Waals surface area contributed by atoms with E-state index in [9.17, 15) is 17.6 Å². The van der Waals surface area contributed by atoms with Gasteiger partial charge in [0.2, 0.25) is 15.9 Å². The van der Waals surface area contributed by atoms with Gasteiger partial charge in [-0.3, -0.25) is 4.79 Å². The van der Waals surface area contributed by atoms with Crippen LogP contribution in [0.3, 0.4) is 0 Å². The summed E-state index contributed by atoms with van der Waals surface area (Å²) < 4.78 is 47.4. The summed E-state index contributed by atoms with van der Waals surface area (Å²) in [6.45, 7) is 3.17. The summed E-state index contributed by atoms with van der Waals surface area (Å²) in [6.07, 6.45) is 1.18. The van der Waals surface area contributed by atoms with Gasteiger partial charge < -0.3 is 9.64 Å². The molecule has 0 aliphatic carbocycles. The molecule has 1 fully saturated rings. The third kappa shape index (κ3) is 6.76. The van der Waals surface area contributed by atoms with E-state index in [1.807, 2.05) is 43.3 Å². The molecule has 1 amide bonds. The highest BCUT2D eigenvalue weighted by Gasteiger charge is 2.41. The van der Waals surface area contributed by atoms with Crippen LogP contribution in [0.15, 0.2) is 83.8 Å². The van der Waals surface area contributed by atoms with Crippen molar-refractivity contribution in [2.24, 2.45) is 5.41 Å². The Kier molecular flexibility index (Phi) is 8.29. The molecule has 1 heterocycles. The van der Waals surface area contributed by atoms with Crippen LogP contribution in [0.1, 0.15) is 30.4 Å². The molecule has 0 aromatic heterocycles. The Morgan fingerprint density at radius 3 is 2.32 bits per heavy atom. The second kappa shape index (κ2) is 11.4. The van der Waals surface area contributed by atoms with E-state index >= 15 is 0 Å². The number of aryl methyl sites for hydroxylation is 1. The zero-order chi connectivity index (χ0) is 26.5. The van der Waals surface area contributed by atoms with E-state index < -0.39 is 15.4 Å². The smallest absolute Gasteiger partial charge is 0.243 e. The first-order valence-corrected chi connectivity index (χ1v) is 13.8. The Morgan fingerprint density at radius 1 is 1.00 bits per heavy atom. The number of piperidine rings is 1. The minimum Gasteiger partial charge on any atom is -0.493 e. The summed E-state index contributed by atoms with van der Waals surface area (Å²) >= 11 is 0. The number of carbonyl (C=O) groups is 1. The lowest BCUT2D eigenvalue weighted by Gasteiger charge is -2.41. The Bertz CT molecular complexity index is 1310. The van der Waals surface area contributed by atoms with Gasteiger partial charge in [0.25, 0.3) is 0 Å². The molecule has 0 radical (unpaired) electrons. The fourth-order valence-corrected chi connectivity index (χ4v) is 6.21. The number of benzene rings is 3. The molecule has 1 aliphatic rings. The average molecular weight is 525 g/mol. The Hall–Kier alpha value is -3.23. The molecule has 0 unspecified atom stereocenters. The molecule has 3 aromatic rings. The first kappa shape index (κ1) is 26.8. The van der Waals surface area contributed by atoms with Gasteiger partial charge in [-0.15, -0.1) is 0 Å². The van der Waals surface area contributed by atoms with Gasteiger partial charge in [-0.05, 0) is 67.3 Å². The summed E-state index contributed by atoms with van der Waals surface area (Å²) in [6, 6.07) is 22.5. The summed E-state index contributed by atoms with van der Waals surface area (Å²) in [5.41, 5.74) is 1.37. The molecular weight excluding hydrogens is 491 g/mol. The second-order valence-corrected chi connectivity index (χ2v) is 11.8. The van der Waals surface area contributed by atoms with Crippen molar-refractivity contribution in [3.05, 3.63) is 95.8 Å². The number of sulfonamides is 1. The quantitative estimate of drug-likeness (QED) is 0.394. The number of carbonyl (C=O) groups excluding carboxylic acids is 1. The van der Waals surface area contributed by atoms with Crippen molar-refractivity contribution in [2.75, 3.05) is 26.7 Å². The molecule has 196 valence electrons. The van der Waals surface area contributed by atoms with E-state index in [-0.39, 0.29) is 29.6 Å². The van der Waals surface area contributed by atoms with Gasteiger partial charge in [0.05, 0.1) is 11.5 Å². The summed E-state index contributed by atoms with van der Waals surface area (Å²) in [5.74, 6) is 0.136. The molecule has 4 rings (SSSR count). The molecule has 0 N–H and O–H groups in total. The third-order valence-electron chi connectivity index (χ3n) is 6.98. The Labute approximate surface area is 218 Å². The molecule has 8 heteroatoms. The second-order valence-electron chi connectivity index (χ2n) is 9.88. The lowest BCUT2D eigenvalue weighted by molar-refractivity contribution is -0.134. The highest BCUT2D eigenvalue weighted by atomic mass is 32.2. The predicted molar refractivity (Wildman–Crippen MR) is 141 cm³/mol. The number of hydrogen-bond donors (Lipinski definition) is 0. The van der Waals surface area contributed by atoms with Gasteiger partial charge in [-0.25, -0.2) is 12.8 Å². The number of ether oxygens (including phenoxy) is 1.